The number of hydrogen-bond donors (Lipinski definition) is 2. The predicted octanol–water partition coefficient (Wildman–Crippen LogP) is 3.21. The van der Waals surface area contributed by atoms with Gasteiger partial charge in [-0.3, -0.25) is 4.79 Å². The summed E-state index contributed by atoms with van der Waals surface area (Å²) in [4.78, 5) is 20.7. The molecule has 1 saturated heterocycles. The van der Waals surface area contributed by atoms with Gasteiger partial charge >= 0.3 is 0 Å². The average Bonchev–Trinajstić information content (AvgIpc) is 2.68. The van der Waals surface area contributed by atoms with Crippen molar-refractivity contribution in [3.05, 3.63) is 35.1 Å². The van der Waals surface area contributed by atoms with Crippen molar-refractivity contribution in [2.24, 2.45) is 10.9 Å². The number of aliphatic imine (C=N–C) groups is 1. The van der Waals surface area contributed by atoms with Crippen LogP contribution in [-0.4, -0.2) is 61.4 Å². The molecule has 1 aliphatic heterocycles. The molecule has 1 fully saturated rings. The molecule has 1 heterocycles. The molecule has 0 aromatic heterocycles. The molecule has 0 saturated carbocycles. The molecule has 6 nitrogen and oxygen atoms in total. The Kier molecular flexibility index (Phi) is 11.6. The molecule has 2 rings (SSSR count). The summed E-state index contributed by atoms with van der Waals surface area (Å²) in [6, 6.07) is 5.49. The standard InChI is InChI=1S/C22H36FN5O.HI/c1-6-24-22(26-19-9-11-28(12-10-19)21(29)16(2)3)25-14-17-7-8-20(23)18(13-17)15-27(4)5;/h7-8,13,16,19H,6,9-12,14-15H2,1-5H3,(H2,24,25,26);1H. The molecule has 1 aromatic rings. The van der Waals surface area contributed by atoms with Crippen LogP contribution in [0.2, 0.25) is 0 Å². The topological polar surface area (TPSA) is 60.0 Å². The molecule has 0 spiro atoms. The van der Waals surface area contributed by atoms with Crippen molar-refractivity contribution < 1.29 is 9.18 Å². The van der Waals surface area contributed by atoms with Gasteiger partial charge in [0, 0.05) is 43.7 Å². The smallest absolute Gasteiger partial charge is 0.225 e. The van der Waals surface area contributed by atoms with Crippen LogP contribution in [0.5, 0.6) is 0 Å². The van der Waals surface area contributed by atoms with Crippen LogP contribution in [0.4, 0.5) is 4.39 Å². The molecule has 170 valence electrons. The van der Waals surface area contributed by atoms with Crippen molar-refractivity contribution in [2.75, 3.05) is 33.7 Å². The molecular formula is C22H37FIN5O. The van der Waals surface area contributed by atoms with E-state index in [2.05, 4.69) is 15.6 Å². The molecule has 0 aliphatic carbocycles. The molecule has 0 bridgehead atoms. The fraction of sp³-hybridized carbons (Fsp3) is 0.636. The Morgan fingerprint density at radius 2 is 1.97 bits per heavy atom. The summed E-state index contributed by atoms with van der Waals surface area (Å²) in [6.07, 6.45) is 1.82. The SMILES string of the molecule is CCNC(=NCc1ccc(F)c(CN(C)C)c1)NC1CCN(C(=O)C(C)C)CC1.I. The molecule has 0 radical (unpaired) electrons. The monoisotopic (exact) mass is 533 g/mol. The van der Waals surface area contributed by atoms with Crippen LogP contribution >= 0.6 is 24.0 Å². The second-order valence-corrected chi connectivity index (χ2v) is 8.26. The van der Waals surface area contributed by atoms with Crippen LogP contribution in [0, 0.1) is 11.7 Å². The maximum absolute atomic E-state index is 14.0. The average molecular weight is 533 g/mol. The van der Waals surface area contributed by atoms with Crippen LogP contribution in [0.15, 0.2) is 23.2 Å². The van der Waals surface area contributed by atoms with E-state index in [0.717, 1.165) is 44.0 Å². The Bertz CT molecular complexity index is 703. The zero-order valence-electron chi connectivity index (χ0n) is 18.9. The second kappa shape index (κ2) is 13.1. The lowest BCUT2D eigenvalue weighted by Gasteiger charge is -2.34. The molecule has 1 aromatic carbocycles. The van der Waals surface area contributed by atoms with E-state index in [0.29, 0.717) is 24.7 Å². The summed E-state index contributed by atoms with van der Waals surface area (Å²) < 4.78 is 14.0. The maximum atomic E-state index is 14.0. The highest BCUT2D eigenvalue weighted by molar-refractivity contribution is 14.0. The lowest BCUT2D eigenvalue weighted by molar-refractivity contribution is -0.135. The minimum absolute atomic E-state index is 0. The Hall–Kier alpha value is -1.42. The minimum Gasteiger partial charge on any atom is -0.357 e. The van der Waals surface area contributed by atoms with Gasteiger partial charge in [0.25, 0.3) is 0 Å². The van der Waals surface area contributed by atoms with Crippen molar-refractivity contribution >= 4 is 35.8 Å². The van der Waals surface area contributed by atoms with E-state index >= 15 is 0 Å². The number of guanidine groups is 1. The first kappa shape index (κ1) is 26.6. The molecule has 2 N–H and O–H groups in total. The van der Waals surface area contributed by atoms with Gasteiger partial charge in [-0.15, -0.1) is 24.0 Å². The van der Waals surface area contributed by atoms with Gasteiger partial charge in [0.1, 0.15) is 5.82 Å². The largest absolute Gasteiger partial charge is 0.357 e. The predicted molar refractivity (Wildman–Crippen MR) is 132 cm³/mol. The number of hydrogen-bond acceptors (Lipinski definition) is 3. The van der Waals surface area contributed by atoms with Gasteiger partial charge in [-0.1, -0.05) is 19.9 Å². The van der Waals surface area contributed by atoms with Crippen LogP contribution in [0.25, 0.3) is 0 Å². The summed E-state index contributed by atoms with van der Waals surface area (Å²) >= 11 is 0. The number of carbonyl (C=O) groups excluding carboxylic acids is 1. The van der Waals surface area contributed by atoms with Gasteiger partial charge < -0.3 is 20.4 Å². The number of rotatable bonds is 7. The normalized spacial score (nSPS) is 15.3. The number of amides is 1. The zero-order chi connectivity index (χ0) is 21.4. The zero-order valence-corrected chi connectivity index (χ0v) is 21.2. The number of nitrogens with zero attached hydrogens (tertiary/aromatic N) is 3. The minimum atomic E-state index is -0.181. The van der Waals surface area contributed by atoms with E-state index in [9.17, 15) is 9.18 Å². The van der Waals surface area contributed by atoms with E-state index in [1.807, 2.05) is 50.7 Å². The van der Waals surface area contributed by atoms with Gasteiger partial charge in [-0.2, -0.15) is 0 Å². The number of benzene rings is 1. The third kappa shape index (κ3) is 8.37. The van der Waals surface area contributed by atoms with Gasteiger partial charge in [-0.25, -0.2) is 9.38 Å². The molecule has 0 atom stereocenters. The van der Waals surface area contributed by atoms with Crippen molar-refractivity contribution in [1.82, 2.24) is 20.4 Å². The van der Waals surface area contributed by atoms with Crippen LogP contribution in [0.3, 0.4) is 0 Å². The van der Waals surface area contributed by atoms with Crippen molar-refractivity contribution in [2.45, 2.75) is 52.7 Å². The van der Waals surface area contributed by atoms with Crippen molar-refractivity contribution in [1.29, 1.82) is 0 Å². The van der Waals surface area contributed by atoms with Crippen molar-refractivity contribution in [3.63, 3.8) is 0 Å². The molecular weight excluding hydrogens is 496 g/mol. The van der Waals surface area contributed by atoms with Gasteiger partial charge in [0.15, 0.2) is 5.96 Å². The second-order valence-electron chi connectivity index (χ2n) is 8.26. The van der Waals surface area contributed by atoms with Crippen LogP contribution in [-0.2, 0) is 17.9 Å². The third-order valence-corrected chi connectivity index (χ3v) is 5.00. The number of piperidine rings is 1. The van der Waals surface area contributed by atoms with E-state index in [1.54, 1.807) is 6.07 Å². The Morgan fingerprint density at radius 3 is 2.53 bits per heavy atom. The number of carbonyl (C=O) groups is 1. The Morgan fingerprint density at radius 1 is 1.30 bits per heavy atom. The van der Waals surface area contributed by atoms with E-state index < -0.39 is 0 Å². The quantitative estimate of drug-likeness (QED) is 0.321. The van der Waals surface area contributed by atoms with Gasteiger partial charge in [0.2, 0.25) is 5.91 Å². The highest BCUT2D eigenvalue weighted by Gasteiger charge is 2.24. The first-order valence-corrected chi connectivity index (χ1v) is 10.6. The lowest BCUT2D eigenvalue weighted by Crippen LogP contribution is -2.50. The molecule has 30 heavy (non-hydrogen) atoms. The van der Waals surface area contributed by atoms with E-state index in [4.69, 9.17) is 0 Å². The fourth-order valence-electron chi connectivity index (χ4n) is 3.48. The fourth-order valence-corrected chi connectivity index (χ4v) is 3.48. The summed E-state index contributed by atoms with van der Waals surface area (Å²) in [6.45, 7) is 9.31. The molecule has 1 aliphatic rings. The highest BCUT2D eigenvalue weighted by Crippen LogP contribution is 2.15. The summed E-state index contributed by atoms with van der Waals surface area (Å²) in [7, 11) is 3.86. The lowest BCUT2D eigenvalue weighted by atomic mass is 10.0. The highest BCUT2D eigenvalue weighted by atomic mass is 127. The Labute approximate surface area is 197 Å². The first-order valence-electron chi connectivity index (χ1n) is 10.6. The van der Waals surface area contributed by atoms with Gasteiger partial charge in [0.05, 0.1) is 6.54 Å². The summed E-state index contributed by atoms with van der Waals surface area (Å²) in [5.41, 5.74) is 1.67. The summed E-state index contributed by atoms with van der Waals surface area (Å²) in [5, 5.41) is 6.78. The first-order chi connectivity index (χ1) is 13.8. The summed E-state index contributed by atoms with van der Waals surface area (Å²) in [5.74, 6) is 0.860. The van der Waals surface area contributed by atoms with E-state index in [1.165, 1.54) is 6.07 Å². The van der Waals surface area contributed by atoms with Crippen LogP contribution in [0.1, 0.15) is 44.7 Å². The maximum Gasteiger partial charge on any atom is 0.225 e. The van der Waals surface area contributed by atoms with E-state index in [-0.39, 0.29) is 41.6 Å². The third-order valence-electron chi connectivity index (χ3n) is 5.00. The molecule has 8 heteroatoms. The number of nitrogens with one attached hydrogen (secondary N) is 2. The molecule has 0 unspecified atom stereocenters. The van der Waals surface area contributed by atoms with Crippen LogP contribution < -0.4 is 10.6 Å². The molecule has 1 amide bonds. The van der Waals surface area contributed by atoms with Crippen molar-refractivity contribution in [3.8, 4) is 0 Å². The van der Waals surface area contributed by atoms with Gasteiger partial charge in [-0.05, 0) is 51.6 Å². The number of halogens is 2. The Balaban J connectivity index is 0.00000450. The number of likely N-dealkylation sites (tertiary alicyclic amines) is 1.